The molecule has 0 aliphatic heterocycles. The molecule has 2 heterocycles. The number of aromatic nitrogens is 2. The fourth-order valence-electron chi connectivity index (χ4n) is 1.37. The van der Waals surface area contributed by atoms with Gasteiger partial charge >= 0.3 is 0 Å². The first-order chi connectivity index (χ1) is 8.19. The molecule has 2 aromatic heterocycles. The number of hydrogen-bond acceptors (Lipinski definition) is 5. The number of nitrogens with zero attached hydrogens (tertiary/aromatic N) is 4. The molecule has 0 atom stereocenters. The van der Waals surface area contributed by atoms with Crippen molar-refractivity contribution in [2.45, 2.75) is 6.54 Å². The van der Waals surface area contributed by atoms with Gasteiger partial charge in [-0.15, -0.1) is 11.3 Å². The topological polar surface area (TPSA) is 52.8 Å². The quantitative estimate of drug-likeness (QED) is 0.875. The molecular weight excluding hydrogens is 300 g/mol. The molecule has 0 saturated heterocycles. The zero-order valence-corrected chi connectivity index (χ0v) is 11.5. The molecule has 86 valence electrons. The van der Waals surface area contributed by atoms with E-state index in [0.29, 0.717) is 5.69 Å². The molecule has 17 heavy (non-hydrogen) atoms. The predicted octanol–water partition coefficient (Wildman–Crippen LogP) is 2.81. The molecular formula is C11H9BrN4S. The summed E-state index contributed by atoms with van der Waals surface area (Å²) in [5.41, 5.74) is 0.384. The highest BCUT2D eigenvalue weighted by atomic mass is 79.9. The third-order valence-electron chi connectivity index (χ3n) is 2.18. The molecule has 0 aliphatic rings. The van der Waals surface area contributed by atoms with Crippen LogP contribution in [-0.2, 0) is 6.54 Å². The second-order valence-electron chi connectivity index (χ2n) is 3.44. The molecule has 2 rings (SSSR count). The van der Waals surface area contributed by atoms with E-state index < -0.39 is 0 Å². The molecule has 0 unspecified atom stereocenters. The van der Waals surface area contributed by atoms with Gasteiger partial charge in [0.05, 0.1) is 10.3 Å². The lowest BCUT2D eigenvalue weighted by molar-refractivity contribution is 0.902. The number of hydrogen-bond donors (Lipinski definition) is 0. The van der Waals surface area contributed by atoms with Crippen molar-refractivity contribution in [3.63, 3.8) is 0 Å². The van der Waals surface area contributed by atoms with Gasteiger partial charge in [-0.05, 0) is 28.1 Å². The molecule has 4 nitrogen and oxygen atoms in total. The highest BCUT2D eigenvalue weighted by Crippen LogP contribution is 2.24. The molecule has 0 saturated carbocycles. The fourth-order valence-corrected chi connectivity index (χ4v) is 2.91. The normalized spacial score (nSPS) is 9.94. The molecule has 2 aromatic rings. The van der Waals surface area contributed by atoms with Gasteiger partial charge in [0.25, 0.3) is 0 Å². The number of nitriles is 1. The number of thiophene rings is 1. The van der Waals surface area contributed by atoms with Crippen LogP contribution in [0.1, 0.15) is 10.6 Å². The van der Waals surface area contributed by atoms with Crippen molar-refractivity contribution in [2.24, 2.45) is 0 Å². The third kappa shape index (κ3) is 3.02. The van der Waals surface area contributed by atoms with E-state index in [0.717, 1.165) is 16.1 Å². The number of rotatable bonds is 3. The molecule has 0 N–H and O–H groups in total. The van der Waals surface area contributed by atoms with Gasteiger partial charge in [0.2, 0.25) is 0 Å². The lowest BCUT2D eigenvalue weighted by Gasteiger charge is -2.16. The molecule has 0 aromatic carbocycles. The number of anilines is 1. The largest absolute Gasteiger partial charge is 0.354 e. The maximum absolute atomic E-state index is 8.77. The first-order valence-electron chi connectivity index (χ1n) is 4.86. The molecule has 0 amide bonds. The van der Waals surface area contributed by atoms with Crippen LogP contribution in [0.2, 0.25) is 0 Å². The minimum Gasteiger partial charge on any atom is -0.354 e. The third-order valence-corrected chi connectivity index (χ3v) is 3.79. The summed E-state index contributed by atoms with van der Waals surface area (Å²) >= 11 is 5.12. The van der Waals surface area contributed by atoms with Gasteiger partial charge in [0.1, 0.15) is 23.9 Å². The van der Waals surface area contributed by atoms with Gasteiger partial charge in [-0.1, -0.05) is 0 Å². The summed E-state index contributed by atoms with van der Waals surface area (Å²) in [6.45, 7) is 0.762. The second-order valence-corrected chi connectivity index (χ2v) is 5.98. The Bertz CT molecular complexity index is 561. The zero-order valence-electron chi connectivity index (χ0n) is 9.09. The van der Waals surface area contributed by atoms with E-state index in [1.165, 1.54) is 11.2 Å². The van der Waals surface area contributed by atoms with Crippen molar-refractivity contribution >= 4 is 33.1 Å². The summed E-state index contributed by atoms with van der Waals surface area (Å²) in [4.78, 5) is 11.2. The molecule has 0 spiro atoms. The molecule has 0 fully saturated rings. The summed E-state index contributed by atoms with van der Waals surface area (Å²) in [5.74, 6) is 0.751. The Morgan fingerprint density at radius 3 is 2.94 bits per heavy atom. The Hall–Kier alpha value is -1.45. The molecule has 0 bridgehead atoms. The first-order valence-corrected chi connectivity index (χ1v) is 6.47. The zero-order chi connectivity index (χ0) is 12.3. The Kier molecular flexibility index (Phi) is 3.71. The minimum atomic E-state index is 0.384. The van der Waals surface area contributed by atoms with Gasteiger partial charge in [-0.25, -0.2) is 9.97 Å². The summed E-state index contributed by atoms with van der Waals surface area (Å²) in [5, 5.41) is 8.77. The van der Waals surface area contributed by atoms with Crippen LogP contribution in [0.15, 0.2) is 28.3 Å². The van der Waals surface area contributed by atoms with Crippen molar-refractivity contribution in [1.29, 1.82) is 5.26 Å². The van der Waals surface area contributed by atoms with E-state index in [9.17, 15) is 0 Å². The summed E-state index contributed by atoms with van der Waals surface area (Å²) < 4.78 is 1.11. The van der Waals surface area contributed by atoms with Gasteiger partial charge in [-0.3, -0.25) is 0 Å². The second kappa shape index (κ2) is 5.25. The van der Waals surface area contributed by atoms with Gasteiger partial charge in [0, 0.05) is 18.0 Å². The average molecular weight is 309 g/mol. The van der Waals surface area contributed by atoms with E-state index in [-0.39, 0.29) is 0 Å². The summed E-state index contributed by atoms with van der Waals surface area (Å²) in [6, 6.07) is 7.78. The van der Waals surface area contributed by atoms with Crippen molar-refractivity contribution in [3.05, 3.63) is 38.9 Å². The van der Waals surface area contributed by atoms with Crippen LogP contribution in [0.5, 0.6) is 0 Å². The number of halogens is 1. The smallest absolute Gasteiger partial charge is 0.145 e. The van der Waals surface area contributed by atoms with Gasteiger partial charge in [-0.2, -0.15) is 5.26 Å². The predicted molar refractivity (Wildman–Crippen MR) is 70.9 cm³/mol. The maximum atomic E-state index is 8.77. The van der Waals surface area contributed by atoms with Crippen LogP contribution in [0.4, 0.5) is 5.82 Å². The lowest BCUT2D eigenvalue weighted by atomic mass is 10.4. The van der Waals surface area contributed by atoms with E-state index in [4.69, 9.17) is 5.26 Å². The maximum Gasteiger partial charge on any atom is 0.145 e. The fraction of sp³-hybridized carbons (Fsp3) is 0.182. The Labute approximate surface area is 112 Å². The Balaban J connectivity index is 2.14. The van der Waals surface area contributed by atoms with Crippen molar-refractivity contribution < 1.29 is 0 Å². The van der Waals surface area contributed by atoms with Crippen LogP contribution in [-0.4, -0.2) is 17.0 Å². The summed E-state index contributed by atoms with van der Waals surface area (Å²) in [6.07, 6.45) is 1.41. The van der Waals surface area contributed by atoms with Crippen molar-refractivity contribution in [1.82, 2.24) is 9.97 Å². The van der Waals surface area contributed by atoms with Crippen molar-refractivity contribution in [3.8, 4) is 6.07 Å². The SMILES string of the molecule is CN(Cc1ccc(Br)s1)c1cc(C#N)ncn1. The monoisotopic (exact) mass is 308 g/mol. The van der Waals surface area contributed by atoms with Gasteiger partial charge < -0.3 is 4.90 Å². The van der Waals surface area contributed by atoms with Gasteiger partial charge in [0.15, 0.2) is 0 Å². The molecule has 0 radical (unpaired) electrons. The van der Waals surface area contributed by atoms with Crippen LogP contribution in [0, 0.1) is 11.3 Å². The van der Waals surface area contributed by atoms with Crippen molar-refractivity contribution in [2.75, 3.05) is 11.9 Å². The lowest BCUT2D eigenvalue weighted by Crippen LogP contribution is -2.17. The van der Waals surface area contributed by atoms with Crippen LogP contribution >= 0.6 is 27.3 Å². The Morgan fingerprint density at radius 2 is 2.29 bits per heavy atom. The first kappa shape index (κ1) is 12.0. The van der Waals surface area contributed by atoms with E-state index >= 15 is 0 Å². The average Bonchev–Trinajstić information content (AvgIpc) is 2.75. The van der Waals surface area contributed by atoms with Crippen LogP contribution in [0.3, 0.4) is 0 Å². The van der Waals surface area contributed by atoms with E-state index in [1.807, 2.05) is 24.1 Å². The molecule has 6 heteroatoms. The van der Waals surface area contributed by atoms with E-state index in [1.54, 1.807) is 17.4 Å². The standard InChI is InChI=1S/C11H9BrN4S/c1-16(6-9-2-3-10(12)17-9)11-4-8(5-13)14-7-15-11/h2-4,7H,6H2,1H3. The van der Waals surface area contributed by atoms with E-state index in [2.05, 4.69) is 32.0 Å². The minimum absolute atomic E-state index is 0.384. The Morgan fingerprint density at radius 1 is 1.47 bits per heavy atom. The summed E-state index contributed by atoms with van der Waals surface area (Å²) in [7, 11) is 1.94. The molecule has 0 aliphatic carbocycles. The highest BCUT2D eigenvalue weighted by molar-refractivity contribution is 9.11. The van der Waals surface area contributed by atoms with Crippen LogP contribution in [0.25, 0.3) is 0 Å². The van der Waals surface area contributed by atoms with Crippen LogP contribution < -0.4 is 4.90 Å². The highest BCUT2D eigenvalue weighted by Gasteiger charge is 2.06.